The molecule has 4 heterocycles. The lowest BCUT2D eigenvalue weighted by molar-refractivity contribution is 0.848. The van der Waals surface area contributed by atoms with E-state index in [4.69, 9.17) is 5.10 Å². The van der Waals surface area contributed by atoms with Gasteiger partial charge in [0.1, 0.15) is 11.5 Å². The van der Waals surface area contributed by atoms with Crippen molar-refractivity contribution in [2.75, 3.05) is 18.0 Å². The van der Waals surface area contributed by atoms with Crippen molar-refractivity contribution >= 4 is 22.8 Å². The number of thiophene rings is 1. The number of rotatable bonds is 2. The molecule has 0 atom stereocenters. The van der Waals surface area contributed by atoms with Crippen LogP contribution in [0.2, 0.25) is 0 Å². The predicted octanol–water partition coefficient (Wildman–Crippen LogP) is 3.37. The first-order chi connectivity index (χ1) is 9.81. The molecule has 0 radical (unpaired) electrons. The molecule has 0 aromatic carbocycles. The lowest BCUT2D eigenvalue weighted by Crippen LogP contribution is -2.21. The van der Waals surface area contributed by atoms with Crippen LogP contribution in [0.5, 0.6) is 0 Å². The summed E-state index contributed by atoms with van der Waals surface area (Å²) in [5.41, 5.74) is 3.01. The molecule has 1 aliphatic rings. The smallest absolute Gasteiger partial charge is 0.158 e. The Morgan fingerprint density at radius 2 is 2.05 bits per heavy atom. The molecule has 5 heteroatoms. The molecule has 1 aliphatic heterocycles. The second kappa shape index (κ2) is 4.59. The van der Waals surface area contributed by atoms with Gasteiger partial charge in [-0.2, -0.15) is 9.61 Å². The van der Waals surface area contributed by atoms with E-state index >= 15 is 0 Å². The Hall–Kier alpha value is -1.88. The summed E-state index contributed by atoms with van der Waals surface area (Å²) in [5.74, 6) is 1.17. The highest BCUT2D eigenvalue weighted by atomic mass is 32.1. The minimum absolute atomic E-state index is 0.940. The molecule has 1 fully saturated rings. The molecule has 0 N–H and O–H groups in total. The minimum atomic E-state index is 0.940. The van der Waals surface area contributed by atoms with Gasteiger partial charge in [-0.25, -0.2) is 4.98 Å². The molecule has 0 amide bonds. The molecule has 3 aromatic rings. The van der Waals surface area contributed by atoms with Gasteiger partial charge in [-0.1, -0.05) is 6.07 Å². The van der Waals surface area contributed by atoms with Crippen LogP contribution >= 0.6 is 11.3 Å². The predicted molar refractivity (Wildman–Crippen MR) is 82.5 cm³/mol. The summed E-state index contributed by atoms with van der Waals surface area (Å²) in [5, 5.41) is 6.85. The van der Waals surface area contributed by atoms with E-state index in [1.165, 1.54) is 23.5 Å². The molecule has 4 nitrogen and oxygen atoms in total. The van der Waals surface area contributed by atoms with Crippen molar-refractivity contribution in [2.45, 2.75) is 19.8 Å². The van der Waals surface area contributed by atoms with E-state index in [-0.39, 0.29) is 0 Å². The lowest BCUT2D eigenvalue weighted by atomic mass is 10.3. The molecular formula is C15H16N4S. The van der Waals surface area contributed by atoms with Gasteiger partial charge in [-0.05, 0) is 31.2 Å². The number of hydrogen-bond acceptors (Lipinski definition) is 4. The molecule has 3 aromatic heterocycles. The van der Waals surface area contributed by atoms with Crippen LogP contribution in [0.25, 0.3) is 16.2 Å². The maximum Gasteiger partial charge on any atom is 0.158 e. The van der Waals surface area contributed by atoms with Gasteiger partial charge in [0, 0.05) is 30.9 Å². The van der Waals surface area contributed by atoms with E-state index in [1.54, 1.807) is 11.3 Å². The van der Waals surface area contributed by atoms with E-state index < -0.39 is 0 Å². The second-order valence-electron chi connectivity index (χ2n) is 5.23. The van der Waals surface area contributed by atoms with Crippen molar-refractivity contribution in [3.63, 3.8) is 0 Å². The number of fused-ring (bicyclic) bond motifs is 1. The Bertz CT molecular complexity index is 739. The lowest BCUT2D eigenvalue weighted by Gasteiger charge is -2.18. The fourth-order valence-electron chi connectivity index (χ4n) is 2.80. The third-order valence-electron chi connectivity index (χ3n) is 3.74. The third kappa shape index (κ3) is 1.89. The summed E-state index contributed by atoms with van der Waals surface area (Å²) in [4.78, 5) is 8.22. The first kappa shape index (κ1) is 11.9. The number of hydrogen-bond donors (Lipinski definition) is 0. The zero-order valence-electron chi connectivity index (χ0n) is 11.4. The van der Waals surface area contributed by atoms with Crippen molar-refractivity contribution < 1.29 is 0 Å². The fraction of sp³-hybridized carbons (Fsp3) is 0.333. The summed E-state index contributed by atoms with van der Waals surface area (Å²) in [7, 11) is 0. The largest absolute Gasteiger partial charge is 0.356 e. The van der Waals surface area contributed by atoms with E-state index in [1.807, 2.05) is 4.52 Å². The Balaban J connectivity index is 1.90. The Labute approximate surface area is 121 Å². The summed E-state index contributed by atoms with van der Waals surface area (Å²) < 4.78 is 1.99. The molecule has 0 saturated carbocycles. The summed E-state index contributed by atoms with van der Waals surface area (Å²) in [6.07, 6.45) is 2.53. The molecular weight excluding hydrogens is 268 g/mol. The molecule has 102 valence electrons. The van der Waals surface area contributed by atoms with Gasteiger partial charge in [0.05, 0.1) is 4.88 Å². The Morgan fingerprint density at radius 3 is 2.80 bits per heavy atom. The van der Waals surface area contributed by atoms with Crippen molar-refractivity contribution in [3.05, 3.63) is 35.3 Å². The van der Waals surface area contributed by atoms with Gasteiger partial charge < -0.3 is 4.90 Å². The summed E-state index contributed by atoms with van der Waals surface area (Å²) in [6, 6.07) is 8.39. The average molecular weight is 284 g/mol. The van der Waals surface area contributed by atoms with E-state index in [2.05, 4.69) is 46.5 Å². The summed E-state index contributed by atoms with van der Waals surface area (Å²) in [6.45, 7) is 4.29. The normalized spacial score (nSPS) is 15.3. The van der Waals surface area contributed by atoms with Crippen LogP contribution < -0.4 is 4.90 Å². The standard InChI is InChI=1S/C15H16N4S/c1-11-9-15(18-6-2-3-7-18)19-14(16-11)10-12(17-19)13-5-4-8-20-13/h4-5,8-10H,2-3,6-7H2,1H3. The summed E-state index contributed by atoms with van der Waals surface area (Å²) >= 11 is 1.72. The van der Waals surface area contributed by atoms with E-state index in [0.29, 0.717) is 0 Å². The van der Waals surface area contributed by atoms with Gasteiger partial charge in [-0.15, -0.1) is 11.3 Å². The fourth-order valence-corrected chi connectivity index (χ4v) is 3.48. The van der Waals surface area contributed by atoms with Crippen LogP contribution in [0.1, 0.15) is 18.5 Å². The third-order valence-corrected chi connectivity index (χ3v) is 4.63. The zero-order chi connectivity index (χ0) is 13.5. The van der Waals surface area contributed by atoms with Crippen molar-refractivity contribution in [1.29, 1.82) is 0 Å². The number of anilines is 1. The Kier molecular flexibility index (Phi) is 2.73. The van der Waals surface area contributed by atoms with Crippen LogP contribution in [0.4, 0.5) is 5.82 Å². The number of aromatic nitrogens is 3. The quantitative estimate of drug-likeness (QED) is 0.723. The first-order valence-electron chi connectivity index (χ1n) is 6.97. The Morgan fingerprint density at radius 1 is 1.20 bits per heavy atom. The molecule has 4 rings (SSSR count). The molecule has 0 bridgehead atoms. The van der Waals surface area contributed by atoms with E-state index in [9.17, 15) is 0 Å². The molecule has 0 unspecified atom stereocenters. The van der Waals surface area contributed by atoms with Crippen molar-refractivity contribution in [3.8, 4) is 10.6 Å². The van der Waals surface area contributed by atoms with Crippen molar-refractivity contribution in [1.82, 2.24) is 14.6 Å². The van der Waals surface area contributed by atoms with Crippen LogP contribution in [0.3, 0.4) is 0 Å². The van der Waals surface area contributed by atoms with Crippen LogP contribution in [0, 0.1) is 6.92 Å². The molecule has 0 aliphatic carbocycles. The van der Waals surface area contributed by atoms with E-state index in [0.717, 1.165) is 30.1 Å². The molecule has 0 spiro atoms. The number of nitrogens with zero attached hydrogens (tertiary/aromatic N) is 4. The average Bonchev–Trinajstić information content (AvgIpc) is 3.18. The van der Waals surface area contributed by atoms with Crippen LogP contribution in [-0.4, -0.2) is 27.7 Å². The highest BCUT2D eigenvalue weighted by Gasteiger charge is 2.18. The van der Waals surface area contributed by atoms with Gasteiger partial charge in [-0.3, -0.25) is 0 Å². The van der Waals surface area contributed by atoms with Gasteiger partial charge in [0.2, 0.25) is 0 Å². The van der Waals surface area contributed by atoms with Crippen LogP contribution in [0.15, 0.2) is 29.6 Å². The zero-order valence-corrected chi connectivity index (χ0v) is 12.2. The topological polar surface area (TPSA) is 33.4 Å². The highest BCUT2D eigenvalue weighted by Crippen LogP contribution is 2.27. The maximum absolute atomic E-state index is 4.76. The van der Waals surface area contributed by atoms with Gasteiger partial charge in [0.15, 0.2) is 5.65 Å². The number of aryl methyl sites for hydroxylation is 1. The SMILES string of the molecule is Cc1cc(N2CCCC2)n2nc(-c3cccs3)cc2n1. The monoisotopic (exact) mass is 284 g/mol. The van der Waals surface area contributed by atoms with Gasteiger partial charge >= 0.3 is 0 Å². The highest BCUT2D eigenvalue weighted by molar-refractivity contribution is 7.13. The maximum atomic E-state index is 4.76. The molecule has 20 heavy (non-hydrogen) atoms. The van der Waals surface area contributed by atoms with Crippen LogP contribution in [-0.2, 0) is 0 Å². The molecule has 1 saturated heterocycles. The van der Waals surface area contributed by atoms with Crippen molar-refractivity contribution in [2.24, 2.45) is 0 Å². The first-order valence-corrected chi connectivity index (χ1v) is 7.85. The second-order valence-corrected chi connectivity index (χ2v) is 6.17. The van der Waals surface area contributed by atoms with Gasteiger partial charge in [0.25, 0.3) is 0 Å². The minimum Gasteiger partial charge on any atom is -0.356 e.